The molecule has 0 aliphatic carbocycles. The summed E-state index contributed by atoms with van der Waals surface area (Å²) in [5.74, 6) is -0.382. The van der Waals surface area contributed by atoms with Crippen LogP contribution in [0.3, 0.4) is 0 Å². The van der Waals surface area contributed by atoms with E-state index in [1.807, 2.05) is 0 Å². The largest absolute Gasteiger partial charge is 0.392 e. The van der Waals surface area contributed by atoms with Crippen molar-refractivity contribution < 1.29 is 14.8 Å². The molecular formula is C9H9NO4. The van der Waals surface area contributed by atoms with Crippen LogP contribution in [0.15, 0.2) is 18.2 Å². The standard InChI is InChI=1S/C9H9NO4/c1-6(12)8-4-7(5-11)2-3-9(8)10(13)14/h2-4,11H,5H2,1H3. The molecule has 74 valence electrons. The van der Waals surface area contributed by atoms with Crippen LogP contribution in [-0.4, -0.2) is 15.8 Å². The molecule has 0 saturated carbocycles. The number of nitrogens with zero attached hydrogens (tertiary/aromatic N) is 1. The van der Waals surface area contributed by atoms with Gasteiger partial charge in [0.2, 0.25) is 0 Å². The average molecular weight is 195 g/mol. The first kappa shape index (κ1) is 10.3. The van der Waals surface area contributed by atoms with Gasteiger partial charge < -0.3 is 5.11 Å². The minimum Gasteiger partial charge on any atom is -0.392 e. The first-order valence-electron chi connectivity index (χ1n) is 3.95. The molecule has 0 unspecified atom stereocenters. The maximum Gasteiger partial charge on any atom is 0.280 e. The number of Topliss-reactive ketones (excluding diaryl/α,β-unsaturated/α-hetero) is 1. The van der Waals surface area contributed by atoms with Crippen LogP contribution in [0.1, 0.15) is 22.8 Å². The van der Waals surface area contributed by atoms with Gasteiger partial charge in [-0.2, -0.15) is 0 Å². The molecule has 0 saturated heterocycles. The lowest BCUT2D eigenvalue weighted by Crippen LogP contribution is -2.01. The smallest absolute Gasteiger partial charge is 0.280 e. The van der Waals surface area contributed by atoms with Crippen molar-refractivity contribution in [1.82, 2.24) is 0 Å². The van der Waals surface area contributed by atoms with E-state index in [4.69, 9.17) is 5.11 Å². The summed E-state index contributed by atoms with van der Waals surface area (Å²) in [5.41, 5.74) is 0.289. The average Bonchev–Trinajstić information content (AvgIpc) is 2.16. The zero-order valence-electron chi connectivity index (χ0n) is 7.56. The Bertz CT molecular complexity index is 386. The van der Waals surface area contributed by atoms with Gasteiger partial charge in [0.05, 0.1) is 17.1 Å². The highest BCUT2D eigenvalue weighted by Crippen LogP contribution is 2.20. The summed E-state index contributed by atoms with van der Waals surface area (Å²) in [6.07, 6.45) is 0. The van der Waals surface area contributed by atoms with E-state index >= 15 is 0 Å². The monoisotopic (exact) mass is 195 g/mol. The summed E-state index contributed by atoms with van der Waals surface area (Å²) in [4.78, 5) is 21.0. The lowest BCUT2D eigenvalue weighted by Gasteiger charge is -2.01. The van der Waals surface area contributed by atoms with Crippen LogP contribution in [0, 0.1) is 10.1 Å². The summed E-state index contributed by atoms with van der Waals surface area (Å²) in [5, 5.41) is 19.3. The highest BCUT2D eigenvalue weighted by molar-refractivity contribution is 5.98. The maximum atomic E-state index is 11.1. The van der Waals surface area contributed by atoms with Gasteiger partial charge >= 0.3 is 0 Å². The van der Waals surface area contributed by atoms with Crippen LogP contribution >= 0.6 is 0 Å². The molecule has 14 heavy (non-hydrogen) atoms. The Morgan fingerprint density at radius 2 is 2.21 bits per heavy atom. The van der Waals surface area contributed by atoms with Crippen molar-refractivity contribution in [3.8, 4) is 0 Å². The quantitative estimate of drug-likeness (QED) is 0.447. The second-order valence-corrected chi connectivity index (χ2v) is 2.82. The van der Waals surface area contributed by atoms with E-state index in [-0.39, 0.29) is 23.6 Å². The van der Waals surface area contributed by atoms with E-state index < -0.39 is 4.92 Å². The zero-order valence-corrected chi connectivity index (χ0v) is 7.56. The van der Waals surface area contributed by atoms with Crippen LogP contribution in [0.5, 0.6) is 0 Å². The second-order valence-electron chi connectivity index (χ2n) is 2.82. The normalized spacial score (nSPS) is 9.86. The molecule has 1 rings (SSSR count). The third-order valence-electron chi connectivity index (χ3n) is 1.82. The number of ketones is 1. The van der Waals surface area contributed by atoms with Crippen molar-refractivity contribution >= 4 is 11.5 Å². The van der Waals surface area contributed by atoms with E-state index in [9.17, 15) is 14.9 Å². The Hall–Kier alpha value is -1.75. The molecule has 0 aliphatic heterocycles. The SMILES string of the molecule is CC(=O)c1cc(CO)ccc1[N+](=O)[O-]. The summed E-state index contributed by atoms with van der Waals surface area (Å²) in [7, 11) is 0. The molecule has 0 amide bonds. The van der Waals surface area contributed by atoms with Gasteiger partial charge in [-0.25, -0.2) is 0 Å². The Morgan fingerprint density at radius 1 is 1.57 bits per heavy atom. The van der Waals surface area contributed by atoms with Gasteiger partial charge in [-0.1, -0.05) is 0 Å². The molecule has 0 spiro atoms. The number of hydrogen-bond donors (Lipinski definition) is 1. The van der Waals surface area contributed by atoms with Gasteiger partial charge in [0, 0.05) is 6.07 Å². The van der Waals surface area contributed by atoms with Crippen LogP contribution in [0.2, 0.25) is 0 Å². The van der Waals surface area contributed by atoms with Gasteiger partial charge in [0.25, 0.3) is 5.69 Å². The zero-order chi connectivity index (χ0) is 10.7. The lowest BCUT2D eigenvalue weighted by molar-refractivity contribution is -0.385. The third kappa shape index (κ3) is 1.94. The molecule has 0 aliphatic rings. The van der Waals surface area contributed by atoms with E-state index in [2.05, 4.69) is 0 Å². The molecule has 5 heteroatoms. The van der Waals surface area contributed by atoms with Crippen LogP contribution in [0.4, 0.5) is 5.69 Å². The fourth-order valence-electron chi connectivity index (χ4n) is 1.12. The van der Waals surface area contributed by atoms with Crippen molar-refractivity contribution in [1.29, 1.82) is 0 Å². The highest BCUT2D eigenvalue weighted by atomic mass is 16.6. The molecule has 0 heterocycles. The summed E-state index contributed by atoms with van der Waals surface area (Å²) in [6, 6.07) is 3.98. The van der Waals surface area contributed by atoms with Crippen LogP contribution in [-0.2, 0) is 6.61 Å². The number of nitro benzene ring substituents is 1. The Kier molecular flexibility index (Phi) is 2.93. The second kappa shape index (κ2) is 3.97. The first-order valence-corrected chi connectivity index (χ1v) is 3.95. The summed E-state index contributed by atoms with van der Waals surface area (Å²) >= 11 is 0. The molecule has 1 aromatic rings. The van der Waals surface area contributed by atoms with E-state index in [0.29, 0.717) is 5.56 Å². The van der Waals surface area contributed by atoms with Gasteiger partial charge in [0.15, 0.2) is 5.78 Å². The van der Waals surface area contributed by atoms with Crippen LogP contribution < -0.4 is 0 Å². The van der Waals surface area contributed by atoms with Gasteiger partial charge in [-0.3, -0.25) is 14.9 Å². The van der Waals surface area contributed by atoms with E-state index in [1.165, 1.54) is 25.1 Å². The number of carbonyl (C=O) groups excluding carboxylic acids is 1. The third-order valence-corrected chi connectivity index (χ3v) is 1.82. The molecule has 0 radical (unpaired) electrons. The van der Waals surface area contributed by atoms with Crippen molar-refractivity contribution in [2.45, 2.75) is 13.5 Å². The van der Waals surface area contributed by atoms with Crippen molar-refractivity contribution in [3.05, 3.63) is 39.4 Å². The molecule has 0 aromatic heterocycles. The summed E-state index contributed by atoms with van der Waals surface area (Å²) < 4.78 is 0. The number of carbonyl (C=O) groups is 1. The maximum absolute atomic E-state index is 11.1. The molecule has 5 nitrogen and oxygen atoms in total. The predicted molar refractivity (Wildman–Crippen MR) is 49.0 cm³/mol. The number of benzene rings is 1. The number of nitro groups is 1. The first-order chi connectivity index (χ1) is 6.56. The molecule has 1 N–H and O–H groups in total. The lowest BCUT2D eigenvalue weighted by atomic mass is 10.1. The number of rotatable bonds is 3. The fraction of sp³-hybridized carbons (Fsp3) is 0.222. The number of hydrogen-bond acceptors (Lipinski definition) is 4. The van der Waals surface area contributed by atoms with E-state index in [0.717, 1.165) is 0 Å². The topological polar surface area (TPSA) is 80.4 Å². The Labute approximate surface area is 80.1 Å². The molecule has 0 bridgehead atoms. The predicted octanol–water partition coefficient (Wildman–Crippen LogP) is 1.29. The van der Waals surface area contributed by atoms with Crippen molar-refractivity contribution in [2.24, 2.45) is 0 Å². The molecule has 1 aromatic carbocycles. The minimum absolute atomic E-state index is 0.0292. The van der Waals surface area contributed by atoms with E-state index in [1.54, 1.807) is 0 Å². The fourth-order valence-corrected chi connectivity index (χ4v) is 1.12. The minimum atomic E-state index is -0.613. The Morgan fingerprint density at radius 3 is 2.64 bits per heavy atom. The van der Waals surface area contributed by atoms with Crippen molar-refractivity contribution in [2.75, 3.05) is 0 Å². The summed E-state index contributed by atoms with van der Waals surface area (Å²) in [6.45, 7) is 1.02. The molecule has 0 atom stereocenters. The number of aliphatic hydroxyl groups is 1. The van der Waals surface area contributed by atoms with Gasteiger partial charge in [-0.05, 0) is 24.6 Å². The Balaban J connectivity index is 3.31. The highest BCUT2D eigenvalue weighted by Gasteiger charge is 2.16. The van der Waals surface area contributed by atoms with Crippen LogP contribution in [0.25, 0.3) is 0 Å². The van der Waals surface area contributed by atoms with Gasteiger partial charge in [0.1, 0.15) is 0 Å². The molecular weight excluding hydrogens is 186 g/mol. The molecule has 0 fully saturated rings. The number of aliphatic hydroxyl groups excluding tert-OH is 1. The van der Waals surface area contributed by atoms with Gasteiger partial charge in [-0.15, -0.1) is 0 Å². The van der Waals surface area contributed by atoms with Crippen molar-refractivity contribution in [3.63, 3.8) is 0 Å².